The Kier molecular flexibility index (Phi) is 7.64. The number of alkyl halides is 6. The maximum Gasteiger partial charge on any atom is 0.433 e. The van der Waals surface area contributed by atoms with Crippen molar-refractivity contribution in [3.63, 3.8) is 0 Å². The van der Waals surface area contributed by atoms with E-state index in [1.807, 2.05) is 0 Å². The van der Waals surface area contributed by atoms with Crippen molar-refractivity contribution in [3.05, 3.63) is 65.0 Å². The van der Waals surface area contributed by atoms with Crippen molar-refractivity contribution < 1.29 is 36.2 Å². The molecule has 0 amide bonds. The van der Waals surface area contributed by atoms with Gasteiger partial charge in [-0.1, -0.05) is 37.5 Å². The number of carbonyl (C=O) groups is 1. The predicted octanol–water partition coefficient (Wildman–Crippen LogP) is 7.28. The minimum atomic E-state index is -4.56. The van der Waals surface area contributed by atoms with Gasteiger partial charge in [0.2, 0.25) is 0 Å². The van der Waals surface area contributed by atoms with E-state index >= 15 is 0 Å². The molecule has 10 heteroatoms. The lowest BCUT2D eigenvalue weighted by molar-refractivity contribution is -0.141. The van der Waals surface area contributed by atoms with Gasteiger partial charge in [0.15, 0.2) is 0 Å². The van der Waals surface area contributed by atoms with Gasteiger partial charge in [-0.05, 0) is 67.0 Å². The highest BCUT2D eigenvalue weighted by atomic mass is 19.4. The average Bonchev–Trinajstić information content (AvgIpc) is 2.77. The van der Waals surface area contributed by atoms with Crippen molar-refractivity contribution in [1.29, 1.82) is 0 Å². The summed E-state index contributed by atoms with van der Waals surface area (Å²) < 4.78 is 78.7. The standard InChI is InChI=1S/C26H28F6N2O2/c27-25(28,29)20-7-4-18(5-8-20)21-13-17(14-24(35)36)10-11-34(21)22(12-16-2-1-3-16)19-6-9-23(33-15-19)26(30,31)32/h4-9,15-17,21-22H,1-3,10-14H2,(H,35,36)/t17-,21+,22-/m1/s1. The van der Waals surface area contributed by atoms with Gasteiger partial charge in [0.05, 0.1) is 5.56 Å². The molecule has 2 aliphatic rings. The van der Waals surface area contributed by atoms with E-state index in [1.165, 1.54) is 24.4 Å². The molecular formula is C26H28F6N2O2. The second kappa shape index (κ2) is 10.4. The lowest BCUT2D eigenvalue weighted by Crippen LogP contribution is -2.41. The van der Waals surface area contributed by atoms with Crippen molar-refractivity contribution in [2.24, 2.45) is 11.8 Å². The van der Waals surface area contributed by atoms with Gasteiger partial charge in [-0.25, -0.2) is 0 Å². The quantitative estimate of drug-likeness (QED) is 0.395. The lowest BCUT2D eigenvalue weighted by atomic mass is 9.77. The Hall–Kier alpha value is -2.62. The molecule has 1 saturated heterocycles. The minimum absolute atomic E-state index is 0.0416. The molecule has 0 spiro atoms. The van der Waals surface area contributed by atoms with Crippen LogP contribution >= 0.6 is 0 Å². The van der Waals surface area contributed by atoms with Crippen LogP contribution in [0.15, 0.2) is 42.6 Å². The molecule has 1 aromatic heterocycles. The first-order valence-corrected chi connectivity index (χ1v) is 12.1. The molecule has 3 atom stereocenters. The van der Waals surface area contributed by atoms with E-state index in [-0.39, 0.29) is 24.4 Å². The number of likely N-dealkylation sites (tertiary alicyclic amines) is 1. The van der Waals surface area contributed by atoms with Gasteiger partial charge in [-0.2, -0.15) is 26.3 Å². The number of hydrogen-bond acceptors (Lipinski definition) is 3. The zero-order chi connectivity index (χ0) is 26.1. The molecule has 2 fully saturated rings. The minimum Gasteiger partial charge on any atom is -0.481 e. The van der Waals surface area contributed by atoms with E-state index in [1.54, 1.807) is 0 Å². The van der Waals surface area contributed by atoms with Crippen molar-refractivity contribution >= 4 is 5.97 Å². The molecule has 36 heavy (non-hydrogen) atoms. The highest BCUT2D eigenvalue weighted by Crippen LogP contribution is 2.46. The van der Waals surface area contributed by atoms with Crippen LogP contribution in [0.5, 0.6) is 0 Å². The summed E-state index contributed by atoms with van der Waals surface area (Å²) >= 11 is 0. The van der Waals surface area contributed by atoms with Crippen LogP contribution in [0.25, 0.3) is 0 Å². The Morgan fingerprint density at radius 1 is 0.972 bits per heavy atom. The van der Waals surface area contributed by atoms with Gasteiger partial charge in [-0.15, -0.1) is 0 Å². The third kappa shape index (κ3) is 6.19. The number of benzene rings is 1. The van der Waals surface area contributed by atoms with Gasteiger partial charge in [0.1, 0.15) is 5.69 Å². The van der Waals surface area contributed by atoms with Gasteiger partial charge < -0.3 is 5.11 Å². The van der Waals surface area contributed by atoms with Gasteiger partial charge >= 0.3 is 18.3 Å². The third-order valence-electron chi connectivity index (χ3n) is 7.48. The van der Waals surface area contributed by atoms with Crippen LogP contribution in [-0.2, 0) is 17.1 Å². The van der Waals surface area contributed by atoms with Crippen LogP contribution in [0, 0.1) is 11.8 Å². The fourth-order valence-corrected chi connectivity index (χ4v) is 5.36. The Bertz CT molecular complexity index is 1030. The van der Waals surface area contributed by atoms with Crippen molar-refractivity contribution in [3.8, 4) is 0 Å². The normalized spacial score (nSPS) is 22.7. The summed E-state index contributed by atoms with van der Waals surface area (Å²) in [5.41, 5.74) is -0.484. The molecule has 0 bridgehead atoms. The van der Waals surface area contributed by atoms with E-state index < -0.39 is 29.6 Å². The number of aliphatic carboxylic acids is 1. The van der Waals surface area contributed by atoms with Crippen LogP contribution in [0.4, 0.5) is 26.3 Å². The summed E-state index contributed by atoms with van der Waals surface area (Å²) in [7, 11) is 0. The summed E-state index contributed by atoms with van der Waals surface area (Å²) in [6, 6.07) is 6.66. The maximum absolute atomic E-state index is 13.1. The number of pyridine rings is 1. The monoisotopic (exact) mass is 514 g/mol. The highest BCUT2D eigenvalue weighted by Gasteiger charge is 2.39. The zero-order valence-corrected chi connectivity index (χ0v) is 19.5. The summed E-state index contributed by atoms with van der Waals surface area (Å²) in [6.45, 7) is 0.488. The summed E-state index contributed by atoms with van der Waals surface area (Å²) in [5, 5.41) is 9.31. The highest BCUT2D eigenvalue weighted by molar-refractivity contribution is 5.67. The molecule has 4 nitrogen and oxygen atoms in total. The summed E-state index contributed by atoms with van der Waals surface area (Å²) in [6.07, 6.45) is -2.98. The number of hydrogen-bond donors (Lipinski definition) is 1. The number of carboxylic acids is 1. The number of halogens is 6. The Balaban J connectivity index is 1.68. The summed E-state index contributed by atoms with van der Waals surface area (Å²) in [4.78, 5) is 17.2. The molecule has 2 heterocycles. The predicted molar refractivity (Wildman–Crippen MR) is 120 cm³/mol. The molecule has 4 rings (SSSR count). The van der Waals surface area contributed by atoms with Crippen LogP contribution in [0.3, 0.4) is 0 Å². The SMILES string of the molecule is O=C(O)C[C@@H]1CCN([C@H](CC2CCC2)c2ccc(C(F)(F)F)nc2)[C@H](c2ccc(C(F)(F)F)cc2)C1. The van der Waals surface area contributed by atoms with Crippen molar-refractivity contribution in [2.45, 2.75) is 69.4 Å². The zero-order valence-electron chi connectivity index (χ0n) is 19.5. The number of piperidine rings is 1. The van der Waals surface area contributed by atoms with Gasteiger partial charge in [0.25, 0.3) is 0 Å². The van der Waals surface area contributed by atoms with Crippen LogP contribution < -0.4 is 0 Å². The Labute approximate surface area is 205 Å². The molecule has 196 valence electrons. The van der Waals surface area contributed by atoms with Crippen LogP contribution in [0.2, 0.25) is 0 Å². The smallest absolute Gasteiger partial charge is 0.433 e. The molecular weight excluding hydrogens is 486 g/mol. The lowest BCUT2D eigenvalue weighted by Gasteiger charge is -2.46. The molecule has 1 aromatic carbocycles. The number of aromatic nitrogens is 1. The number of rotatable bonds is 7. The van der Waals surface area contributed by atoms with Crippen molar-refractivity contribution in [2.75, 3.05) is 6.54 Å². The van der Waals surface area contributed by atoms with Gasteiger partial charge in [0, 0.05) is 24.7 Å². The third-order valence-corrected chi connectivity index (χ3v) is 7.48. The fourth-order valence-electron chi connectivity index (χ4n) is 5.36. The van der Waals surface area contributed by atoms with E-state index in [2.05, 4.69) is 9.88 Å². The Morgan fingerprint density at radius 2 is 1.67 bits per heavy atom. The number of nitrogens with zero attached hydrogens (tertiary/aromatic N) is 2. The van der Waals surface area contributed by atoms with E-state index in [0.29, 0.717) is 42.9 Å². The fraction of sp³-hybridized carbons (Fsp3) is 0.538. The largest absolute Gasteiger partial charge is 0.481 e. The second-order valence-corrected chi connectivity index (χ2v) is 9.88. The average molecular weight is 515 g/mol. The molecule has 1 N–H and O–H groups in total. The molecule has 0 radical (unpaired) electrons. The number of carboxylic acid groups (broad SMARTS) is 1. The summed E-state index contributed by atoms with van der Waals surface area (Å²) in [5.74, 6) is -0.680. The first kappa shape index (κ1) is 26.4. The first-order valence-electron chi connectivity index (χ1n) is 12.1. The van der Waals surface area contributed by atoms with Crippen LogP contribution in [-0.4, -0.2) is 27.5 Å². The molecule has 0 unspecified atom stereocenters. The van der Waals surface area contributed by atoms with E-state index in [0.717, 1.165) is 37.5 Å². The van der Waals surface area contributed by atoms with E-state index in [9.17, 15) is 36.2 Å². The molecule has 1 saturated carbocycles. The molecule has 1 aliphatic heterocycles. The van der Waals surface area contributed by atoms with Crippen molar-refractivity contribution in [1.82, 2.24) is 9.88 Å². The Morgan fingerprint density at radius 3 is 2.17 bits per heavy atom. The second-order valence-electron chi connectivity index (χ2n) is 9.88. The van der Waals surface area contributed by atoms with Gasteiger partial charge in [-0.3, -0.25) is 14.7 Å². The van der Waals surface area contributed by atoms with Crippen LogP contribution in [0.1, 0.15) is 79.4 Å². The van der Waals surface area contributed by atoms with E-state index in [4.69, 9.17) is 0 Å². The molecule has 2 aromatic rings. The maximum atomic E-state index is 13.1. The molecule has 1 aliphatic carbocycles. The first-order chi connectivity index (χ1) is 16.9. The topological polar surface area (TPSA) is 53.4 Å².